The molecule has 2 atom stereocenters. The molecule has 0 heterocycles. The Hall–Kier alpha value is -1.85. The maximum atomic E-state index is 12.5. The van der Waals surface area contributed by atoms with E-state index in [9.17, 15) is 45.8 Å². The monoisotopic (exact) mass is 367 g/mol. The van der Waals surface area contributed by atoms with Gasteiger partial charge in [-0.15, -0.1) is 0 Å². The average Bonchev–Trinajstić information content (AvgIpc) is 2.40. The van der Waals surface area contributed by atoms with Crippen molar-refractivity contribution >= 4 is 17.8 Å². The number of hydrogen-bond acceptors (Lipinski definition) is 5. The first-order valence-electron chi connectivity index (χ1n) is 6.61. The van der Waals surface area contributed by atoms with Crippen molar-refractivity contribution in [1.29, 1.82) is 0 Å². The SMILES string of the molecule is CCCCOC(=O)[C@H]([C@@H](C)O)N(C(=O)C(F)(F)F)C(=O)C(F)(F)F. The molecule has 0 fully saturated rings. The number of nitrogens with zero attached hydrogens (tertiary/aromatic N) is 1. The fraction of sp³-hybridized carbons (Fsp3) is 0.750. The molecule has 0 aliphatic heterocycles. The second-order valence-corrected chi connectivity index (χ2v) is 4.68. The van der Waals surface area contributed by atoms with Gasteiger partial charge in [-0.25, -0.2) is 9.69 Å². The largest absolute Gasteiger partial charge is 0.471 e. The van der Waals surface area contributed by atoms with Gasteiger partial charge in [0.25, 0.3) is 0 Å². The van der Waals surface area contributed by atoms with E-state index in [1.165, 1.54) is 0 Å². The number of hydrogen-bond donors (Lipinski definition) is 1. The summed E-state index contributed by atoms with van der Waals surface area (Å²) in [6.07, 6.45) is -13.3. The number of unbranched alkanes of at least 4 members (excludes halogenated alkanes) is 1. The number of carbonyl (C=O) groups is 3. The van der Waals surface area contributed by atoms with E-state index in [4.69, 9.17) is 0 Å². The van der Waals surface area contributed by atoms with E-state index in [1.54, 1.807) is 6.92 Å². The molecule has 0 unspecified atom stereocenters. The molecule has 12 heteroatoms. The maximum Gasteiger partial charge on any atom is 0.471 e. The van der Waals surface area contributed by atoms with Crippen molar-refractivity contribution in [2.45, 2.75) is 51.2 Å². The van der Waals surface area contributed by atoms with E-state index in [0.29, 0.717) is 13.3 Å². The zero-order valence-corrected chi connectivity index (χ0v) is 12.6. The number of halogens is 6. The highest BCUT2D eigenvalue weighted by Gasteiger charge is 2.56. The highest BCUT2D eigenvalue weighted by Crippen LogP contribution is 2.27. The van der Waals surface area contributed by atoms with E-state index >= 15 is 0 Å². The Balaban J connectivity index is 5.81. The highest BCUT2D eigenvalue weighted by molar-refractivity contribution is 6.03. The van der Waals surface area contributed by atoms with Crippen LogP contribution in [0.25, 0.3) is 0 Å². The predicted molar refractivity (Wildman–Crippen MR) is 65.3 cm³/mol. The topological polar surface area (TPSA) is 83.9 Å². The summed E-state index contributed by atoms with van der Waals surface area (Å²) in [5.41, 5.74) is 0. The van der Waals surface area contributed by atoms with Crippen LogP contribution >= 0.6 is 0 Å². The van der Waals surface area contributed by atoms with E-state index in [0.717, 1.165) is 0 Å². The molecule has 0 aromatic carbocycles. The van der Waals surface area contributed by atoms with Gasteiger partial charge in [0.2, 0.25) is 0 Å². The molecule has 2 amide bonds. The summed E-state index contributed by atoms with van der Waals surface area (Å²) < 4.78 is 79.4. The number of esters is 1. The van der Waals surface area contributed by atoms with Crippen molar-refractivity contribution in [1.82, 2.24) is 4.90 Å². The molecule has 140 valence electrons. The molecule has 0 aromatic heterocycles. The van der Waals surface area contributed by atoms with Gasteiger partial charge in [0, 0.05) is 0 Å². The van der Waals surface area contributed by atoms with E-state index in [-0.39, 0.29) is 13.0 Å². The Morgan fingerprint density at radius 2 is 1.46 bits per heavy atom. The van der Waals surface area contributed by atoms with Gasteiger partial charge >= 0.3 is 30.1 Å². The Morgan fingerprint density at radius 1 is 1.04 bits per heavy atom. The van der Waals surface area contributed by atoms with Crippen LogP contribution in [-0.2, 0) is 19.1 Å². The van der Waals surface area contributed by atoms with Gasteiger partial charge in [0.1, 0.15) is 0 Å². The lowest BCUT2D eigenvalue weighted by Crippen LogP contribution is -2.60. The van der Waals surface area contributed by atoms with Crippen LogP contribution in [-0.4, -0.2) is 58.9 Å². The fourth-order valence-corrected chi connectivity index (χ4v) is 1.54. The molecule has 0 bridgehead atoms. The van der Waals surface area contributed by atoms with Crippen molar-refractivity contribution in [2.24, 2.45) is 0 Å². The Morgan fingerprint density at radius 3 is 1.75 bits per heavy atom. The number of aliphatic hydroxyl groups is 1. The van der Waals surface area contributed by atoms with Crippen molar-refractivity contribution in [3.05, 3.63) is 0 Å². The molecule has 0 aromatic rings. The summed E-state index contributed by atoms with van der Waals surface area (Å²) in [6, 6.07) is -2.79. The Bertz CT molecular complexity index is 448. The minimum absolute atomic E-state index is 0.235. The van der Waals surface area contributed by atoms with Crippen LogP contribution in [0.4, 0.5) is 26.3 Å². The lowest BCUT2D eigenvalue weighted by atomic mass is 10.1. The fourth-order valence-electron chi connectivity index (χ4n) is 1.54. The van der Waals surface area contributed by atoms with E-state index < -0.39 is 47.2 Å². The molecular weight excluding hydrogens is 352 g/mol. The lowest BCUT2D eigenvalue weighted by Gasteiger charge is -2.31. The quantitative estimate of drug-likeness (QED) is 0.438. The summed E-state index contributed by atoms with van der Waals surface area (Å²) in [6.45, 7) is 1.94. The maximum absolute atomic E-state index is 12.5. The summed E-state index contributed by atoms with van der Waals surface area (Å²) >= 11 is 0. The molecule has 1 N–H and O–H groups in total. The first kappa shape index (κ1) is 22.1. The minimum Gasteiger partial charge on any atom is -0.464 e. The number of imide groups is 1. The number of amides is 2. The summed E-state index contributed by atoms with van der Waals surface area (Å²) in [5.74, 6) is -8.22. The van der Waals surface area contributed by atoms with Gasteiger partial charge in [-0.3, -0.25) is 9.59 Å². The summed E-state index contributed by atoms with van der Waals surface area (Å²) in [5, 5.41) is 9.36. The smallest absolute Gasteiger partial charge is 0.464 e. The molecule has 24 heavy (non-hydrogen) atoms. The third-order valence-electron chi connectivity index (χ3n) is 2.64. The van der Waals surface area contributed by atoms with Gasteiger partial charge in [0.15, 0.2) is 6.04 Å². The number of aliphatic hydroxyl groups excluding tert-OH is 1. The first-order chi connectivity index (χ1) is 10.7. The second kappa shape index (κ2) is 8.31. The average molecular weight is 367 g/mol. The first-order valence-corrected chi connectivity index (χ1v) is 6.61. The number of ether oxygens (including phenoxy) is 1. The van der Waals surface area contributed by atoms with Crippen LogP contribution in [0.2, 0.25) is 0 Å². The highest BCUT2D eigenvalue weighted by atomic mass is 19.4. The zero-order chi connectivity index (χ0) is 19.3. The summed E-state index contributed by atoms with van der Waals surface area (Å²) in [7, 11) is 0. The molecule has 0 aliphatic rings. The van der Waals surface area contributed by atoms with Crippen molar-refractivity contribution in [3.8, 4) is 0 Å². The third-order valence-corrected chi connectivity index (χ3v) is 2.64. The van der Waals surface area contributed by atoms with Crippen molar-refractivity contribution in [3.63, 3.8) is 0 Å². The second-order valence-electron chi connectivity index (χ2n) is 4.68. The van der Waals surface area contributed by atoms with Crippen LogP contribution in [0.1, 0.15) is 26.7 Å². The molecule has 0 saturated heterocycles. The van der Waals surface area contributed by atoms with Crippen LogP contribution < -0.4 is 0 Å². The van der Waals surface area contributed by atoms with Crippen molar-refractivity contribution < 1.29 is 50.6 Å². The van der Waals surface area contributed by atoms with E-state index in [1.807, 2.05) is 0 Å². The number of rotatable bonds is 6. The molecule has 0 spiro atoms. The van der Waals surface area contributed by atoms with Gasteiger partial charge < -0.3 is 9.84 Å². The normalized spacial score (nSPS) is 14.7. The van der Waals surface area contributed by atoms with Crippen LogP contribution in [0, 0.1) is 0 Å². The van der Waals surface area contributed by atoms with Crippen molar-refractivity contribution in [2.75, 3.05) is 6.61 Å². The molecule has 0 saturated carbocycles. The molecule has 0 rings (SSSR count). The predicted octanol–water partition coefficient (Wildman–Crippen LogP) is 1.56. The Labute approximate surface area is 132 Å². The van der Waals surface area contributed by atoms with Crippen LogP contribution in [0.3, 0.4) is 0 Å². The molecule has 6 nitrogen and oxygen atoms in total. The standard InChI is InChI=1S/C12H15F6NO5/c1-3-4-5-24-8(21)7(6(2)20)19(9(22)11(13,14)15)10(23)12(16,17)18/h6-7,20H,3-5H2,1-2H3/t6-,7+/m1/s1. The van der Waals surface area contributed by atoms with Gasteiger partial charge in [-0.05, 0) is 13.3 Å². The van der Waals surface area contributed by atoms with E-state index in [2.05, 4.69) is 4.74 Å². The van der Waals surface area contributed by atoms with Gasteiger partial charge in [-0.1, -0.05) is 13.3 Å². The Kier molecular flexibility index (Phi) is 7.67. The number of alkyl halides is 6. The van der Waals surface area contributed by atoms with Gasteiger partial charge in [-0.2, -0.15) is 26.3 Å². The third kappa shape index (κ3) is 5.98. The molecular formula is C12H15F6NO5. The lowest BCUT2D eigenvalue weighted by molar-refractivity contribution is -0.211. The van der Waals surface area contributed by atoms with Crippen LogP contribution in [0.15, 0.2) is 0 Å². The molecule has 0 radical (unpaired) electrons. The van der Waals surface area contributed by atoms with Crippen LogP contribution in [0.5, 0.6) is 0 Å². The van der Waals surface area contributed by atoms with Gasteiger partial charge in [0.05, 0.1) is 12.7 Å². The minimum atomic E-state index is -5.88. The number of carbonyl (C=O) groups excluding carboxylic acids is 3. The zero-order valence-electron chi connectivity index (χ0n) is 12.6. The molecule has 0 aliphatic carbocycles. The summed E-state index contributed by atoms with van der Waals surface area (Å²) in [4.78, 5) is 32.7.